The van der Waals surface area contributed by atoms with Crippen LogP contribution in [0.5, 0.6) is 5.75 Å². The number of unbranched alkanes of at least 4 members (excludes halogenated alkanes) is 3. The van der Waals surface area contributed by atoms with Gasteiger partial charge in [-0.3, -0.25) is 0 Å². The summed E-state index contributed by atoms with van der Waals surface area (Å²) in [6, 6.07) is 9.53. The van der Waals surface area contributed by atoms with Gasteiger partial charge in [0.2, 0.25) is 0 Å². The van der Waals surface area contributed by atoms with Gasteiger partial charge < -0.3 is 9.29 Å². The Morgan fingerprint density at radius 3 is 2.29 bits per heavy atom. The van der Waals surface area contributed by atoms with E-state index in [1.807, 2.05) is 30.3 Å². The van der Waals surface area contributed by atoms with Crippen molar-refractivity contribution in [2.45, 2.75) is 25.7 Å². The Labute approximate surface area is 102 Å². The fourth-order valence-electron chi connectivity index (χ4n) is 1.44. The summed E-state index contributed by atoms with van der Waals surface area (Å²) in [5, 5.41) is 0. The second-order valence-electron chi connectivity index (χ2n) is 3.84. The molecule has 0 N–H and O–H groups in total. The Morgan fingerprint density at radius 1 is 1.00 bits per heavy atom. The number of ether oxygens (including phenoxy) is 1. The topological polar surface area (TPSA) is 66.4 Å². The van der Waals surface area contributed by atoms with Gasteiger partial charge in [-0.25, -0.2) is 8.42 Å². The summed E-state index contributed by atoms with van der Waals surface area (Å²) in [5.74, 6) is 0.585. The molecule has 0 saturated carbocycles. The largest absolute Gasteiger partial charge is 0.748 e. The third-order valence-corrected chi connectivity index (χ3v) is 3.09. The van der Waals surface area contributed by atoms with E-state index in [0.29, 0.717) is 13.0 Å². The summed E-state index contributed by atoms with van der Waals surface area (Å²) in [6.45, 7) is 0.619. The molecule has 0 spiro atoms. The molecule has 96 valence electrons. The van der Waals surface area contributed by atoms with Crippen molar-refractivity contribution in [3.8, 4) is 5.75 Å². The number of hydrogen-bond acceptors (Lipinski definition) is 4. The molecule has 1 rings (SSSR count). The first kappa shape index (κ1) is 14.0. The van der Waals surface area contributed by atoms with Crippen LogP contribution in [0.25, 0.3) is 0 Å². The van der Waals surface area contributed by atoms with Crippen LogP contribution in [0.4, 0.5) is 0 Å². The van der Waals surface area contributed by atoms with E-state index in [4.69, 9.17) is 4.74 Å². The lowest BCUT2D eigenvalue weighted by Gasteiger charge is -2.07. The predicted molar refractivity (Wildman–Crippen MR) is 65.0 cm³/mol. The molecule has 17 heavy (non-hydrogen) atoms. The van der Waals surface area contributed by atoms with E-state index < -0.39 is 10.1 Å². The van der Waals surface area contributed by atoms with Crippen LogP contribution in [0, 0.1) is 0 Å². The van der Waals surface area contributed by atoms with Gasteiger partial charge in [-0.1, -0.05) is 31.0 Å². The standard InChI is InChI=1S/C12H18O4S/c13-17(14,15)11-7-2-1-6-10-16-12-8-4-3-5-9-12/h3-5,8-9H,1-2,6-7,10-11H2,(H,13,14,15)/p-1. The fraction of sp³-hybridized carbons (Fsp3) is 0.500. The summed E-state index contributed by atoms with van der Waals surface area (Å²) in [4.78, 5) is 0. The molecule has 5 heteroatoms. The zero-order valence-electron chi connectivity index (χ0n) is 9.67. The Hall–Kier alpha value is -1.07. The molecular formula is C12H17O4S-. The highest BCUT2D eigenvalue weighted by Crippen LogP contribution is 2.09. The average molecular weight is 257 g/mol. The normalized spacial score (nSPS) is 11.4. The minimum Gasteiger partial charge on any atom is -0.748 e. The molecule has 0 aliphatic rings. The van der Waals surface area contributed by atoms with Gasteiger partial charge >= 0.3 is 0 Å². The van der Waals surface area contributed by atoms with Gasteiger partial charge in [-0.05, 0) is 25.0 Å². The lowest BCUT2D eigenvalue weighted by atomic mass is 10.2. The SMILES string of the molecule is O=S(=O)([O-])CCCCCCOc1ccccc1. The van der Waals surface area contributed by atoms with E-state index in [1.54, 1.807) is 0 Å². The van der Waals surface area contributed by atoms with Gasteiger partial charge in [-0.2, -0.15) is 0 Å². The third-order valence-electron chi connectivity index (χ3n) is 2.30. The van der Waals surface area contributed by atoms with Crippen molar-refractivity contribution in [3.63, 3.8) is 0 Å². The summed E-state index contributed by atoms with van der Waals surface area (Å²) < 4.78 is 36.4. The van der Waals surface area contributed by atoms with Crippen LogP contribution >= 0.6 is 0 Å². The maximum atomic E-state index is 10.3. The van der Waals surface area contributed by atoms with Crippen molar-refractivity contribution >= 4 is 10.1 Å². The molecule has 1 aromatic rings. The minimum absolute atomic E-state index is 0.257. The molecule has 0 aromatic heterocycles. The second-order valence-corrected chi connectivity index (χ2v) is 5.36. The van der Waals surface area contributed by atoms with Crippen molar-refractivity contribution < 1.29 is 17.7 Å². The van der Waals surface area contributed by atoms with Gasteiger partial charge in [-0.15, -0.1) is 0 Å². The van der Waals surface area contributed by atoms with Crippen LogP contribution in [0.3, 0.4) is 0 Å². The van der Waals surface area contributed by atoms with E-state index >= 15 is 0 Å². The molecule has 0 radical (unpaired) electrons. The average Bonchev–Trinajstić information content (AvgIpc) is 2.28. The van der Waals surface area contributed by atoms with Gasteiger partial charge in [0.15, 0.2) is 0 Å². The molecule has 0 aliphatic heterocycles. The zero-order valence-corrected chi connectivity index (χ0v) is 10.5. The van der Waals surface area contributed by atoms with Gasteiger partial charge in [0.05, 0.1) is 16.7 Å². The monoisotopic (exact) mass is 257 g/mol. The van der Waals surface area contributed by atoms with Crippen LogP contribution < -0.4 is 4.74 Å². The lowest BCUT2D eigenvalue weighted by Crippen LogP contribution is -2.04. The molecule has 0 unspecified atom stereocenters. The first-order valence-corrected chi connectivity index (χ1v) is 7.27. The molecule has 0 aliphatic carbocycles. The quantitative estimate of drug-likeness (QED) is 0.529. The van der Waals surface area contributed by atoms with E-state index in [2.05, 4.69) is 0 Å². The maximum absolute atomic E-state index is 10.3. The molecule has 0 bridgehead atoms. The maximum Gasteiger partial charge on any atom is 0.119 e. The smallest absolute Gasteiger partial charge is 0.119 e. The van der Waals surface area contributed by atoms with E-state index in [0.717, 1.165) is 25.0 Å². The molecular weight excluding hydrogens is 240 g/mol. The summed E-state index contributed by atoms with van der Waals surface area (Å²) in [5.41, 5.74) is 0. The van der Waals surface area contributed by atoms with Crippen LogP contribution in [0.15, 0.2) is 30.3 Å². The minimum atomic E-state index is -4.04. The van der Waals surface area contributed by atoms with Gasteiger partial charge in [0.25, 0.3) is 0 Å². The second kappa shape index (κ2) is 7.29. The van der Waals surface area contributed by atoms with Crippen molar-refractivity contribution in [2.75, 3.05) is 12.4 Å². The molecule has 0 atom stereocenters. The van der Waals surface area contributed by atoms with Crippen molar-refractivity contribution in [2.24, 2.45) is 0 Å². The lowest BCUT2D eigenvalue weighted by molar-refractivity contribution is 0.305. The van der Waals surface area contributed by atoms with Crippen molar-refractivity contribution in [3.05, 3.63) is 30.3 Å². The summed E-state index contributed by atoms with van der Waals surface area (Å²) in [6.07, 6.45) is 2.94. The molecule has 1 aromatic carbocycles. The van der Waals surface area contributed by atoms with E-state index in [1.165, 1.54) is 0 Å². The van der Waals surface area contributed by atoms with E-state index in [-0.39, 0.29) is 5.75 Å². The van der Waals surface area contributed by atoms with Crippen LogP contribution in [-0.4, -0.2) is 25.3 Å². The molecule has 0 fully saturated rings. The molecule has 4 nitrogen and oxygen atoms in total. The van der Waals surface area contributed by atoms with Crippen LogP contribution in [0.2, 0.25) is 0 Å². The summed E-state index contributed by atoms with van der Waals surface area (Å²) in [7, 11) is -4.04. The molecule has 0 heterocycles. The first-order valence-electron chi connectivity index (χ1n) is 5.69. The van der Waals surface area contributed by atoms with E-state index in [9.17, 15) is 13.0 Å². The number of para-hydroxylation sites is 1. The zero-order chi connectivity index (χ0) is 12.6. The molecule has 0 saturated heterocycles. The third kappa shape index (κ3) is 7.76. The number of hydrogen-bond donors (Lipinski definition) is 0. The Balaban J connectivity index is 1.99. The molecule has 0 amide bonds. The van der Waals surface area contributed by atoms with Crippen LogP contribution in [0.1, 0.15) is 25.7 Å². The van der Waals surface area contributed by atoms with Crippen LogP contribution in [-0.2, 0) is 10.1 Å². The summed E-state index contributed by atoms with van der Waals surface area (Å²) >= 11 is 0. The number of benzene rings is 1. The fourth-order valence-corrected chi connectivity index (χ4v) is 2.00. The predicted octanol–water partition coefficient (Wildman–Crippen LogP) is 2.17. The van der Waals surface area contributed by atoms with Crippen molar-refractivity contribution in [1.29, 1.82) is 0 Å². The Kier molecular flexibility index (Phi) is 6.00. The van der Waals surface area contributed by atoms with Crippen molar-refractivity contribution in [1.82, 2.24) is 0 Å². The first-order chi connectivity index (χ1) is 8.08. The Morgan fingerprint density at radius 2 is 1.65 bits per heavy atom. The highest BCUT2D eigenvalue weighted by molar-refractivity contribution is 7.85. The number of rotatable bonds is 8. The highest BCUT2D eigenvalue weighted by atomic mass is 32.2. The van der Waals surface area contributed by atoms with Gasteiger partial charge in [0, 0.05) is 5.75 Å². The van der Waals surface area contributed by atoms with Gasteiger partial charge in [0.1, 0.15) is 5.75 Å². The Bertz CT molecular complexity index is 400. The highest BCUT2D eigenvalue weighted by Gasteiger charge is 1.96.